The summed E-state index contributed by atoms with van der Waals surface area (Å²) < 4.78 is 21.6. The van der Waals surface area contributed by atoms with Gasteiger partial charge in [0, 0.05) is 11.6 Å². The molecule has 1 heterocycles. The van der Waals surface area contributed by atoms with Crippen molar-refractivity contribution in [3.05, 3.63) is 65.9 Å². The zero-order valence-electron chi connectivity index (χ0n) is 14.5. The standard InChI is InChI=1S/C21H20O4/c1-22-17-8-5-16(6-9-17)21-11-10-18(25-21)7-4-15-12-19(23-2)14-20(13-15)24-3/h4-14H,1-3H3/b7-4+. The molecule has 128 valence electrons. The molecule has 0 amide bonds. The van der Waals surface area contributed by atoms with Crippen LogP contribution in [0.5, 0.6) is 17.2 Å². The van der Waals surface area contributed by atoms with E-state index in [9.17, 15) is 0 Å². The summed E-state index contributed by atoms with van der Waals surface area (Å²) in [7, 11) is 4.92. The first-order valence-corrected chi connectivity index (χ1v) is 7.87. The number of methoxy groups -OCH3 is 3. The van der Waals surface area contributed by atoms with Crippen molar-refractivity contribution in [1.29, 1.82) is 0 Å². The van der Waals surface area contributed by atoms with Crippen LogP contribution in [0, 0.1) is 0 Å². The molecular formula is C21H20O4. The Bertz CT molecular complexity index is 838. The van der Waals surface area contributed by atoms with Gasteiger partial charge in [-0.25, -0.2) is 0 Å². The maximum Gasteiger partial charge on any atom is 0.134 e. The summed E-state index contributed by atoms with van der Waals surface area (Å²) in [5.41, 5.74) is 1.97. The lowest BCUT2D eigenvalue weighted by atomic mass is 10.1. The molecule has 0 fully saturated rings. The monoisotopic (exact) mass is 336 g/mol. The van der Waals surface area contributed by atoms with Crippen molar-refractivity contribution >= 4 is 12.2 Å². The summed E-state index contributed by atoms with van der Waals surface area (Å²) in [5.74, 6) is 3.90. The van der Waals surface area contributed by atoms with Crippen molar-refractivity contribution in [2.24, 2.45) is 0 Å². The lowest BCUT2D eigenvalue weighted by molar-refractivity contribution is 0.394. The molecule has 3 aromatic rings. The highest BCUT2D eigenvalue weighted by molar-refractivity contribution is 5.70. The summed E-state index contributed by atoms with van der Waals surface area (Å²) in [5, 5.41) is 0. The summed E-state index contributed by atoms with van der Waals surface area (Å²) in [6.45, 7) is 0. The molecule has 0 unspecified atom stereocenters. The van der Waals surface area contributed by atoms with Crippen LogP contribution < -0.4 is 14.2 Å². The van der Waals surface area contributed by atoms with Gasteiger partial charge in [-0.2, -0.15) is 0 Å². The first kappa shape index (κ1) is 16.7. The van der Waals surface area contributed by atoms with Gasteiger partial charge in [0.1, 0.15) is 28.8 Å². The Morgan fingerprint density at radius 2 is 1.32 bits per heavy atom. The van der Waals surface area contributed by atoms with Crippen LogP contribution in [0.25, 0.3) is 23.5 Å². The zero-order valence-corrected chi connectivity index (χ0v) is 14.5. The van der Waals surface area contributed by atoms with Gasteiger partial charge in [0.25, 0.3) is 0 Å². The Hall–Kier alpha value is -3.14. The number of ether oxygens (including phenoxy) is 3. The quantitative estimate of drug-likeness (QED) is 0.625. The Labute approximate surface area is 147 Å². The van der Waals surface area contributed by atoms with Gasteiger partial charge in [-0.1, -0.05) is 6.08 Å². The summed E-state index contributed by atoms with van der Waals surface area (Å²) in [6.07, 6.45) is 3.88. The van der Waals surface area contributed by atoms with Crippen molar-refractivity contribution < 1.29 is 18.6 Å². The predicted molar refractivity (Wildman–Crippen MR) is 99.2 cm³/mol. The van der Waals surface area contributed by atoms with Crippen LogP contribution in [0.1, 0.15) is 11.3 Å². The van der Waals surface area contributed by atoms with Gasteiger partial charge in [-0.15, -0.1) is 0 Å². The fourth-order valence-electron chi connectivity index (χ4n) is 2.46. The number of benzene rings is 2. The van der Waals surface area contributed by atoms with E-state index in [1.165, 1.54) is 0 Å². The lowest BCUT2D eigenvalue weighted by Crippen LogP contribution is -1.87. The second-order valence-corrected chi connectivity index (χ2v) is 5.41. The van der Waals surface area contributed by atoms with Crippen molar-refractivity contribution in [3.8, 4) is 28.6 Å². The summed E-state index contributed by atoms with van der Waals surface area (Å²) >= 11 is 0. The van der Waals surface area contributed by atoms with Gasteiger partial charge in [0.05, 0.1) is 21.3 Å². The van der Waals surface area contributed by atoms with E-state index in [2.05, 4.69) is 0 Å². The van der Waals surface area contributed by atoms with E-state index in [4.69, 9.17) is 18.6 Å². The average Bonchev–Trinajstić information content (AvgIpc) is 3.15. The molecule has 0 saturated heterocycles. The van der Waals surface area contributed by atoms with E-state index in [1.54, 1.807) is 21.3 Å². The van der Waals surface area contributed by atoms with Crippen LogP contribution in [0.15, 0.2) is 59.0 Å². The fraction of sp³-hybridized carbons (Fsp3) is 0.143. The molecule has 2 aromatic carbocycles. The Balaban J connectivity index is 1.79. The molecule has 0 atom stereocenters. The third-order valence-electron chi connectivity index (χ3n) is 3.82. The highest BCUT2D eigenvalue weighted by atomic mass is 16.5. The third-order valence-corrected chi connectivity index (χ3v) is 3.82. The molecular weight excluding hydrogens is 316 g/mol. The van der Waals surface area contributed by atoms with Crippen LogP contribution in [-0.4, -0.2) is 21.3 Å². The van der Waals surface area contributed by atoms with Crippen molar-refractivity contribution in [3.63, 3.8) is 0 Å². The smallest absolute Gasteiger partial charge is 0.134 e. The van der Waals surface area contributed by atoms with E-state index in [1.807, 2.05) is 66.7 Å². The number of rotatable bonds is 6. The average molecular weight is 336 g/mol. The minimum Gasteiger partial charge on any atom is -0.497 e. The van der Waals surface area contributed by atoms with Crippen LogP contribution in [0.3, 0.4) is 0 Å². The molecule has 4 nitrogen and oxygen atoms in total. The maximum absolute atomic E-state index is 5.89. The van der Waals surface area contributed by atoms with E-state index in [-0.39, 0.29) is 0 Å². The van der Waals surface area contributed by atoms with Gasteiger partial charge in [-0.3, -0.25) is 0 Å². The highest BCUT2D eigenvalue weighted by Gasteiger charge is 2.04. The molecule has 25 heavy (non-hydrogen) atoms. The Morgan fingerprint density at radius 3 is 1.92 bits per heavy atom. The molecule has 0 bridgehead atoms. The molecule has 0 radical (unpaired) electrons. The van der Waals surface area contributed by atoms with Gasteiger partial charge >= 0.3 is 0 Å². The molecule has 1 aromatic heterocycles. The van der Waals surface area contributed by atoms with Crippen LogP contribution >= 0.6 is 0 Å². The van der Waals surface area contributed by atoms with Gasteiger partial charge < -0.3 is 18.6 Å². The molecule has 0 aliphatic heterocycles. The van der Waals surface area contributed by atoms with Gasteiger partial charge in [0.2, 0.25) is 0 Å². The minimum atomic E-state index is 0.748. The normalized spacial score (nSPS) is 10.8. The fourth-order valence-corrected chi connectivity index (χ4v) is 2.46. The van der Waals surface area contributed by atoms with Gasteiger partial charge in [0.15, 0.2) is 0 Å². The topological polar surface area (TPSA) is 40.8 Å². The molecule has 0 aliphatic carbocycles. The molecule has 0 N–H and O–H groups in total. The SMILES string of the molecule is COc1ccc(-c2ccc(/C=C/c3cc(OC)cc(OC)c3)o2)cc1. The first-order chi connectivity index (χ1) is 12.2. The largest absolute Gasteiger partial charge is 0.497 e. The predicted octanol–water partition coefficient (Wildman–Crippen LogP) is 5.14. The minimum absolute atomic E-state index is 0.748. The number of hydrogen-bond donors (Lipinski definition) is 0. The third kappa shape index (κ3) is 4.04. The van der Waals surface area contributed by atoms with Gasteiger partial charge in [-0.05, 0) is 60.2 Å². The molecule has 4 heteroatoms. The molecule has 0 spiro atoms. The summed E-state index contributed by atoms with van der Waals surface area (Å²) in [6, 6.07) is 17.4. The lowest BCUT2D eigenvalue weighted by Gasteiger charge is -2.05. The van der Waals surface area contributed by atoms with E-state index in [0.29, 0.717) is 0 Å². The Morgan fingerprint density at radius 1 is 0.680 bits per heavy atom. The van der Waals surface area contributed by atoms with Crippen molar-refractivity contribution in [2.45, 2.75) is 0 Å². The van der Waals surface area contributed by atoms with E-state index < -0.39 is 0 Å². The Kier molecular flexibility index (Phi) is 5.09. The molecule has 3 rings (SSSR count). The highest BCUT2D eigenvalue weighted by Crippen LogP contribution is 2.27. The van der Waals surface area contributed by atoms with Crippen molar-refractivity contribution in [2.75, 3.05) is 21.3 Å². The number of furan rings is 1. The molecule has 0 saturated carbocycles. The second kappa shape index (κ2) is 7.62. The first-order valence-electron chi connectivity index (χ1n) is 7.87. The molecule has 0 aliphatic rings. The summed E-state index contributed by atoms with van der Waals surface area (Å²) in [4.78, 5) is 0. The van der Waals surface area contributed by atoms with Crippen molar-refractivity contribution in [1.82, 2.24) is 0 Å². The number of hydrogen-bond acceptors (Lipinski definition) is 4. The van der Waals surface area contributed by atoms with Crippen LogP contribution in [-0.2, 0) is 0 Å². The van der Waals surface area contributed by atoms with Crippen LogP contribution in [0.4, 0.5) is 0 Å². The zero-order chi connectivity index (χ0) is 17.6. The van der Waals surface area contributed by atoms with E-state index >= 15 is 0 Å². The van der Waals surface area contributed by atoms with E-state index in [0.717, 1.165) is 39.9 Å². The van der Waals surface area contributed by atoms with Crippen LogP contribution in [0.2, 0.25) is 0 Å². The second-order valence-electron chi connectivity index (χ2n) is 5.41. The maximum atomic E-state index is 5.89.